The molecular formula is C13H23N3O5. The molecule has 0 aromatic carbocycles. The van der Waals surface area contributed by atoms with E-state index >= 15 is 0 Å². The summed E-state index contributed by atoms with van der Waals surface area (Å²) in [5, 5.41) is 7.81. The van der Waals surface area contributed by atoms with Gasteiger partial charge in [-0.2, -0.15) is 0 Å². The van der Waals surface area contributed by atoms with E-state index in [2.05, 4.69) is 10.3 Å². The van der Waals surface area contributed by atoms with Gasteiger partial charge in [-0.25, -0.2) is 9.48 Å². The average molecular weight is 301 g/mol. The van der Waals surface area contributed by atoms with Gasteiger partial charge in [0.25, 0.3) is 0 Å². The minimum atomic E-state index is -0.479. The van der Waals surface area contributed by atoms with E-state index < -0.39 is 5.97 Å². The van der Waals surface area contributed by atoms with Crippen LogP contribution in [0.5, 0.6) is 0 Å². The molecule has 8 nitrogen and oxygen atoms in total. The van der Waals surface area contributed by atoms with Crippen molar-refractivity contribution >= 4 is 5.97 Å². The summed E-state index contributed by atoms with van der Waals surface area (Å²) in [5.41, 5.74) is 0.931. The maximum absolute atomic E-state index is 11.8. The number of carbonyl (C=O) groups is 1. The number of ether oxygens (including phenoxy) is 4. The Morgan fingerprint density at radius 3 is 2.52 bits per heavy atom. The van der Waals surface area contributed by atoms with E-state index in [-0.39, 0.29) is 12.3 Å². The number of rotatable bonds is 11. The Kier molecular flexibility index (Phi) is 8.56. The molecule has 0 radical (unpaired) electrons. The molecule has 0 spiro atoms. The second kappa shape index (κ2) is 10.3. The monoisotopic (exact) mass is 301 g/mol. The van der Waals surface area contributed by atoms with Gasteiger partial charge in [0.15, 0.2) is 5.69 Å². The second-order valence-corrected chi connectivity index (χ2v) is 4.33. The second-order valence-electron chi connectivity index (χ2n) is 4.33. The molecule has 0 N–H and O–H groups in total. The third-order valence-electron chi connectivity index (χ3n) is 2.79. The van der Waals surface area contributed by atoms with Crippen LogP contribution in [-0.2, 0) is 25.5 Å². The molecule has 1 aromatic heterocycles. The quantitative estimate of drug-likeness (QED) is 0.433. The number of nitrogens with zero attached hydrogens (tertiary/aromatic N) is 3. The zero-order valence-corrected chi connectivity index (χ0v) is 12.8. The lowest BCUT2D eigenvalue weighted by molar-refractivity contribution is 0.0380. The van der Waals surface area contributed by atoms with Crippen LogP contribution in [0.4, 0.5) is 0 Å². The molecule has 0 unspecified atom stereocenters. The SMILES string of the molecule is COCCOCCCn1nnc(C(=O)OCCOC)c1C. The fourth-order valence-electron chi connectivity index (χ4n) is 1.61. The Labute approximate surface area is 124 Å². The van der Waals surface area contributed by atoms with Gasteiger partial charge in [-0.3, -0.25) is 0 Å². The molecule has 1 rings (SSSR count). The largest absolute Gasteiger partial charge is 0.458 e. The maximum Gasteiger partial charge on any atom is 0.360 e. The van der Waals surface area contributed by atoms with Crippen molar-refractivity contribution in [2.75, 3.05) is 47.3 Å². The van der Waals surface area contributed by atoms with Gasteiger partial charge in [0, 0.05) is 27.4 Å². The van der Waals surface area contributed by atoms with Gasteiger partial charge < -0.3 is 18.9 Å². The van der Waals surface area contributed by atoms with Crippen LogP contribution in [0.25, 0.3) is 0 Å². The molecule has 0 aliphatic carbocycles. The number of methoxy groups -OCH3 is 2. The summed E-state index contributed by atoms with van der Waals surface area (Å²) in [5.74, 6) is -0.479. The van der Waals surface area contributed by atoms with Crippen LogP contribution in [0, 0.1) is 6.92 Å². The van der Waals surface area contributed by atoms with E-state index in [0.717, 1.165) is 6.42 Å². The van der Waals surface area contributed by atoms with Gasteiger partial charge in [0.2, 0.25) is 0 Å². The first-order chi connectivity index (χ1) is 10.2. The number of carbonyl (C=O) groups excluding carboxylic acids is 1. The molecular weight excluding hydrogens is 278 g/mol. The van der Waals surface area contributed by atoms with Crippen molar-refractivity contribution in [1.29, 1.82) is 0 Å². The van der Waals surface area contributed by atoms with Gasteiger partial charge in [-0.05, 0) is 13.3 Å². The van der Waals surface area contributed by atoms with Crippen LogP contribution >= 0.6 is 0 Å². The van der Waals surface area contributed by atoms with E-state index in [1.807, 2.05) is 0 Å². The van der Waals surface area contributed by atoms with Crippen LogP contribution in [0.3, 0.4) is 0 Å². The Bertz CT molecular complexity index is 422. The summed E-state index contributed by atoms with van der Waals surface area (Å²) in [6.07, 6.45) is 0.784. The highest BCUT2D eigenvalue weighted by atomic mass is 16.6. The number of hydrogen-bond acceptors (Lipinski definition) is 7. The number of aromatic nitrogens is 3. The molecule has 0 atom stereocenters. The lowest BCUT2D eigenvalue weighted by Gasteiger charge is -2.05. The summed E-state index contributed by atoms with van der Waals surface area (Å²) >= 11 is 0. The highest BCUT2D eigenvalue weighted by Gasteiger charge is 2.17. The minimum absolute atomic E-state index is 0.203. The van der Waals surface area contributed by atoms with Gasteiger partial charge >= 0.3 is 5.97 Å². The van der Waals surface area contributed by atoms with E-state index in [9.17, 15) is 4.79 Å². The predicted octanol–water partition coefficient (Wildman–Crippen LogP) is 0.443. The molecule has 21 heavy (non-hydrogen) atoms. The van der Waals surface area contributed by atoms with E-state index in [0.29, 0.717) is 38.7 Å². The molecule has 1 aromatic rings. The molecule has 0 bridgehead atoms. The van der Waals surface area contributed by atoms with Crippen molar-refractivity contribution in [2.45, 2.75) is 19.9 Å². The zero-order valence-electron chi connectivity index (χ0n) is 12.8. The molecule has 0 amide bonds. The number of hydrogen-bond donors (Lipinski definition) is 0. The first kappa shape index (κ1) is 17.5. The molecule has 0 saturated heterocycles. The Balaban J connectivity index is 2.35. The van der Waals surface area contributed by atoms with Crippen LogP contribution in [-0.4, -0.2) is 68.2 Å². The molecule has 120 valence electrons. The molecule has 0 saturated carbocycles. The molecule has 0 aliphatic rings. The smallest absolute Gasteiger partial charge is 0.360 e. The fraction of sp³-hybridized carbons (Fsp3) is 0.769. The van der Waals surface area contributed by atoms with Crippen molar-refractivity contribution in [2.24, 2.45) is 0 Å². The maximum atomic E-state index is 11.8. The van der Waals surface area contributed by atoms with Gasteiger partial charge in [-0.1, -0.05) is 5.21 Å². The van der Waals surface area contributed by atoms with Crippen LogP contribution in [0.2, 0.25) is 0 Å². The number of aryl methyl sites for hydroxylation is 1. The highest BCUT2D eigenvalue weighted by molar-refractivity contribution is 5.88. The minimum Gasteiger partial charge on any atom is -0.458 e. The lowest BCUT2D eigenvalue weighted by atomic mass is 10.3. The molecule has 0 aliphatic heterocycles. The van der Waals surface area contributed by atoms with E-state index in [1.54, 1.807) is 25.8 Å². The first-order valence-electron chi connectivity index (χ1n) is 6.83. The summed E-state index contributed by atoms with van der Waals surface area (Å²) in [6.45, 7) is 4.75. The average Bonchev–Trinajstić information content (AvgIpc) is 2.84. The molecule has 0 fully saturated rings. The standard InChI is InChI=1S/C13H23N3O5/c1-11-12(13(17)21-10-8-19-3)14-15-16(11)5-4-6-20-9-7-18-2/h4-10H2,1-3H3. The molecule has 8 heteroatoms. The van der Waals surface area contributed by atoms with Gasteiger partial charge in [-0.15, -0.1) is 5.10 Å². The van der Waals surface area contributed by atoms with Crippen LogP contribution in [0.15, 0.2) is 0 Å². The van der Waals surface area contributed by atoms with E-state index in [1.165, 1.54) is 0 Å². The van der Waals surface area contributed by atoms with Crippen LogP contribution < -0.4 is 0 Å². The van der Waals surface area contributed by atoms with Crippen molar-refractivity contribution < 1.29 is 23.7 Å². The van der Waals surface area contributed by atoms with Gasteiger partial charge in [0.05, 0.1) is 25.5 Å². The van der Waals surface area contributed by atoms with Crippen LogP contribution in [0.1, 0.15) is 22.6 Å². The Hall–Kier alpha value is -1.51. The topological polar surface area (TPSA) is 84.7 Å². The summed E-state index contributed by atoms with van der Waals surface area (Å²) < 4.78 is 21.7. The molecule has 1 heterocycles. The fourth-order valence-corrected chi connectivity index (χ4v) is 1.61. The lowest BCUT2D eigenvalue weighted by Crippen LogP contribution is -2.12. The Morgan fingerprint density at radius 1 is 1.10 bits per heavy atom. The predicted molar refractivity (Wildman–Crippen MR) is 74.2 cm³/mol. The summed E-state index contributed by atoms with van der Waals surface area (Å²) in [4.78, 5) is 11.8. The first-order valence-corrected chi connectivity index (χ1v) is 6.83. The summed E-state index contributed by atoms with van der Waals surface area (Å²) in [7, 11) is 3.18. The van der Waals surface area contributed by atoms with Crippen molar-refractivity contribution in [3.05, 3.63) is 11.4 Å². The third-order valence-corrected chi connectivity index (χ3v) is 2.79. The summed E-state index contributed by atoms with van der Waals surface area (Å²) in [6, 6.07) is 0. The third kappa shape index (κ3) is 6.19. The number of esters is 1. The van der Waals surface area contributed by atoms with Crippen molar-refractivity contribution in [1.82, 2.24) is 15.0 Å². The van der Waals surface area contributed by atoms with Crippen molar-refractivity contribution in [3.63, 3.8) is 0 Å². The van der Waals surface area contributed by atoms with E-state index in [4.69, 9.17) is 18.9 Å². The highest BCUT2D eigenvalue weighted by Crippen LogP contribution is 2.06. The Morgan fingerprint density at radius 2 is 1.81 bits per heavy atom. The van der Waals surface area contributed by atoms with Crippen molar-refractivity contribution in [3.8, 4) is 0 Å². The zero-order chi connectivity index (χ0) is 15.5. The normalized spacial score (nSPS) is 10.8. The van der Waals surface area contributed by atoms with Gasteiger partial charge in [0.1, 0.15) is 6.61 Å².